The van der Waals surface area contributed by atoms with Crippen LogP contribution < -0.4 is 10.1 Å². The molecule has 1 amide bonds. The van der Waals surface area contributed by atoms with Crippen molar-refractivity contribution in [3.05, 3.63) is 82.7 Å². The summed E-state index contributed by atoms with van der Waals surface area (Å²) in [6, 6.07) is 17.6. The number of aromatic nitrogens is 4. The maximum atomic E-state index is 13.2. The molecule has 2 aromatic heterocycles. The van der Waals surface area contributed by atoms with Gasteiger partial charge in [-0.25, -0.2) is 9.50 Å². The molecule has 0 aliphatic rings. The third kappa shape index (κ3) is 5.80. The van der Waals surface area contributed by atoms with E-state index < -0.39 is 0 Å². The molecule has 4 aromatic rings. The summed E-state index contributed by atoms with van der Waals surface area (Å²) in [6.45, 7) is 4.40. The van der Waals surface area contributed by atoms with Crippen LogP contribution in [0.25, 0.3) is 5.78 Å². The predicted octanol–water partition coefficient (Wildman–Crippen LogP) is 4.07. The topological polar surface area (TPSA) is 84.6 Å². The zero-order valence-corrected chi connectivity index (χ0v) is 21.5. The van der Waals surface area contributed by atoms with Crippen LogP contribution in [0.15, 0.2) is 59.8 Å². The van der Waals surface area contributed by atoms with E-state index >= 15 is 0 Å². The summed E-state index contributed by atoms with van der Waals surface area (Å²) in [5.41, 5.74) is 4.55. The average molecular weight is 491 g/mol. The average Bonchev–Trinajstić information content (AvgIpc) is 3.26. The summed E-state index contributed by atoms with van der Waals surface area (Å²) < 4.78 is 7.11. The van der Waals surface area contributed by atoms with E-state index in [9.17, 15) is 4.79 Å². The molecule has 0 bridgehead atoms. The molecule has 2 aromatic carbocycles. The van der Waals surface area contributed by atoms with Gasteiger partial charge in [0.15, 0.2) is 0 Å². The normalized spacial score (nSPS) is 12.2. The van der Waals surface area contributed by atoms with Crippen molar-refractivity contribution < 1.29 is 9.53 Å². The fraction of sp³-hybridized carbons (Fsp3) is 0.308. The van der Waals surface area contributed by atoms with E-state index in [-0.39, 0.29) is 11.9 Å². The highest BCUT2D eigenvalue weighted by Crippen LogP contribution is 2.24. The molecule has 4 rings (SSSR count). The Morgan fingerprint density at radius 3 is 2.69 bits per heavy atom. The number of nitrogens with zero attached hydrogens (tertiary/aromatic N) is 5. The number of ether oxygens (including phenoxy) is 1. The van der Waals surface area contributed by atoms with Gasteiger partial charge in [-0.2, -0.15) is 4.98 Å². The molecule has 0 aliphatic heterocycles. The number of hydrogen-bond donors (Lipinski definition) is 1. The smallest absolute Gasteiger partial charge is 0.253 e. The summed E-state index contributed by atoms with van der Waals surface area (Å²) in [5, 5.41) is 8.30. The molecule has 8 nitrogen and oxygen atoms in total. The van der Waals surface area contributed by atoms with Gasteiger partial charge in [0.2, 0.25) is 5.16 Å². The van der Waals surface area contributed by atoms with Crippen molar-refractivity contribution in [3.63, 3.8) is 0 Å². The molecule has 1 atom stereocenters. The van der Waals surface area contributed by atoms with Crippen LogP contribution in [0.4, 0.5) is 0 Å². The SMILES string of the molecule is COc1cccc(C(CNC(=O)c2ccccc2CSc2nc3nc(C)cc(C)n3n2)N(C)C)c1. The third-order valence-electron chi connectivity index (χ3n) is 5.78. The Kier molecular flexibility index (Phi) is 7.67. The van der Waals surface area contributed by atoms with Gasteiger partial charge >= 0.3 is 0 Å². The second kappa shape index (κ2) is 10.9. The lowest BCUT2D eigenvalue weighted by Gasteiger charge is -2.25. The fourth-order valence-corrected chi connectivity index (χ4v) is 4.77. The fourth-order valence-electron chi connectivity index (χ4n) is 3.95. The molecule has 182 valence electrons. The number of carbonyl (C=O) groups is 1. The standard InChI is InChI=1S/C26H30N6O2S/c1-17-13-18(2)32-25(28-17)29-26(30-32)35-16-20-9-6-7-12-22(20)24(33)27-15-23(31(3)4)19-10-8-11-21(14-19)34-5/h6-14,23H,15-16H2,1-5H3,(H,27,33). The summed E-state index contributed by atoms with van der Waals surface area (Å²) in [5.74, 6) is 1.85. The van der Waals surface area contributed by atoms with Crippen LogP contribution in [0, 0.1) is 13.8 Å². The van der Waals surface area contributed by atoms with Crippen molar-refractivity contribution >= 4 is 23.4 Å². The first-order chi connectivity index (χ1) is 16.9. The number of nitrogens with one attached hydrogen (secondary N) is 1. The van der Waals surface area contributed by atoms with Crippen LogP contribution in [0.3, 0.4) is 0 Å². The number of amides is 1. The molecule has 9 heteroatoms. The zero-order chi connectivity index (χ0) is 24.9. The summed E-state index contributed by atoms with van der Waals surface area (Å²) in [7, 11) is 5.66. The minimum atomic E-state index is -0.105. The Bertz CT molecular complexity index is 1340. The number of benzene rings is 2. The number of carbonyl (C=O) groups excluding carboxylic acids is 1. The number of likely N-dealkylation sites (N-methyl/N-ethyl adjacent to an activating group) is 1. The van der Waals surface area contributed by atoms with E-state index in [1.165, 1.54) is 11.8 Å². The minimum Gasteiger partial charge on any atom is -0.497 e. The van der Waals surface area contributed by atoms with Gasteiger partial charge in [0.25, 0.3) is 11.7 Å². The van der Waals surface area contributed by atoms with Crippen LogP contribution in [0.5, 0.6) is 5.75 Å². The number of thioether (sulfide) groups is 1. The third-order valence-corrected chi connectivity index (χ3v) is 6.66. The minimum absolute atomic E-state index is 0.0111. The molecule has 1 N–H and O–H groups in total. The van der Waals surface area contributed by atoms with Gasteiger partial charge in [-0.3, -0.25) is 4.79 Å². The number of rotatable bonds is 9. The second-order valence-electron chi connectivity index (χ2n) is 8.56. The van der Waals surface area contributed by atoms with Gasteiger partial charge in [0, 0.05) is 29.2 Å². The highest BCUT2D eigenvalue weighted by Gasteiger charge is 2.18. The molecule has 35 heavy (non-hydrogen) atoms. The number of fused-ring (bicyclic) bond motifs is 1. The first-order valence-electron chi connectivity index (χ1n) is 11.4. The highest BCUT2D eigenvalue weighted by molar-refractivity contribution is 7.98. The second-order valence-corrected chi connectivity index (χ2v) is 9.50. The zero-order valence-electron chi connectivity index (χ0n) is 20.6. The Balaban J connectivity index is 1.46. The van der Waals surface area contributed by atoms with E-state index in [1.807, 2.05) is 82.5 Å². The monoisotopic (exact) mass is 490 g/mol. The first-order valence-corrected chi connectivity index (χ1v) is 12.3. The molecule has 0 spiro atoms. The number of aryl methyl sites for hydroxylation is 2. The van der Waals surface area contributed by atoms with E-state index in [1.54, 1.807) is 11.6 Å². The lowest BCUT2D eigenvalue weighted by molar-refractivity contribution is 0.0941. The Hall–Kier alpha value is -3.43. The number of methoxy groups -OCH3 is 1. The number of hydrogen-bond acceptors (Lipinski definition) is 7. The van der Waals surface area contributed by atoms with Gasteiger partial charge < -0.3 is 15.0 Å². The molecule has 1 unspecified atom stereocenters. The lowest BCUT2D eigenvalue weighted by Crippen LogP contribution is -2.34. The van der Waals surface area contributed by atoms with Crippen molar-refractivity contribution in [3.8, 4) is 5.75 Å². The maximum Gasteiger partial charge on any atom is 0.253 e. The molecule has 0 fully saturated rings. The lowest BCUT2D eigenvalue weighted by atomic mass is 10.0. The van der Waals surface area contributed by atoms with Gasteiger partial charge in [-0.1, -0.05) is 42.1 Å². The predicted molar refractivity (Wildman–Crippen MR) is 138 cm³/mol. The van der Waals surface area contributed by atoms with Crippen molar-refractivity contribution in [1.82, 2.24) is 29.8 Å². The van der Waals surface area contributed by atoms with Crippen LogP contribution in [-0.4, -0.2) is 58.1 Å². The van der Waals surface area contributed by atoms with Gasteiger partial charge in [-0.05, 0) is 63.3 Å². The van der Waals surface area contributed by atoms with E-state index in [2.05, 4.69) is 25.3 Å². The largest absolute Gasteiger partial charge is 0.497 e. The van der Waals surface area contributed by atoms with Crippen molar-refractivity contribution in [2.75, 3.05) is 27.7 Å². The van der Waals surface area contributed by atoms with Crippen molar-refractivity contribution in [1.29, 1.82) is 0 Å². The van der Waals surface area contributed by atoms with Crippen LogP contribution in [0.2, 0.25) is 0 Å². The molecular formula is C26H30N6O2S. The summed E-state index contributed by atoms with van der Waals surface area (Å²) in [4.78, 5) is 24.2. The van der Waals surface area contributed by atoms with Crippen molar-refractivity contribution in [2.24, 2.45) is 0 Å². The van der Waals surface area contributed by atoms with Crippen LogP contribution >= 0.6 is 11.8 Å². The molecule has 2 heterocycles. The summed E-state index contributed by atoms with van der Waals surface area (Å²) in [6.07, 6.45) is 0. The van der Waals surface area contributed by atoms with E-state index in [4.69, 9.17) is 4.74 Å². The van der Waals surface area contributed by atoms with Gasteiger partial charge in [0.1, 0.15) is 5.75 Å². The molecule has 0 radical (unpaired) electrons. The van der Waals surface area contributed by atoms with Gasteiger partial charge in [0.05, 0.1) is 13.2 Å². The maximum absolute atomic E-state index is 13.2. The highest BCUT2D eigenvalue weighted by atomic mass is 32.2. The molecule has 0 saturated heterocycles. The Labute approximate surface area is 209 Å². The molecule has 0 saturated carbocycles. The summed E-state index contributed by atoms with van der Waals surface area (Å²) >= 11 is 1.49. The Morgan fingerprint density at radius 1 is 1.11 bits per heavy atom. The first kappa shape index (κ1) is 24.7. The van der Waals surface area contributed by atoms with E-state index in [0.717, 1.165) is 28.3 Å². The van der Waals surface area contributed by atoms with Crippen molar-refractivity contribution in [2.45, 2.75) is 30.8 Å². The van der Waals surface area contributed by atoms with Gasteiger partial charge in [-0.15, -0.1) is 5.10 Å². The molecular weight excluding hydrogens is 460 g/mol. The Morgan fingerprint density at radius 2 is 1.91 bits per heavy atom. The van der Waals surface area contributed by atoms with E-state index in [0.29, 0.717) is 28.8 Å². The molecule has 0 aliphatic carbocycles. The quantitative estimate of drug-likeness (QED) is 0.354. The van der Waals surface area contributed by atoms with Crippen LogP contribution in [-0.2, 0) is 5.75 Å². The van der Waals surface area contributed by atoms with Crippen LogP contribution in [0.1, 0.15) is 38.9 Å².